The number of thiophene rings is 1. The van der Waals surface area contributed by atoms with Gasteiger partial charge in [-0.05, 0) is 61.7 Å². The average molecular weight is 450 g/mol. The molecule has 4 rings (SSSR count). The summed E-state index contributed by atoms with van der Waals surface area (Å²) >= 11 is 8.69. The normalized spacial score (nSPS) is 18.6. The maximum absolute atomic E-state index is 13.0. The van der Waals surface area contributed by atoms with Gasteiger partial charge >= 0.3 is 0 Å². The first kappa shape index (κ1) is 15.1. The van der Waals surface area contributed by atoms with Crippen LogP contribution in [0.15, 0.2) is 62.2 Å². The van der Waals surface area contributed by atoms with Gasteiger partial charge in [0.1, 0.15) is 0 Å². The number of rotatable bonds is 2. The van der Waals surface area contributed by atoms with Crippen molar-refractivity contribution in [2.24, 2.45) is 0 Å². The number of pyridine rings is 1. The number of carbonyl (C=O) groups is 1. The Hall–Kier alpha value is -1.50. The zero-order valence-corrected chi connectivity index (χ0v) is 15.7. The molecule has 3 aromatic rings. The third-order valence-electron chi connectivity index (χ3n) is 3.85. The van der Waals surface area contributed by atoms with Crippen molar-refractivity contribution in [1.29, 1.82) is 0 Å². The number of ketones is 1. The maximum Gasteiger partial charge on any atom is 0.193 e. The minimum atomic E-state index is -0.121. The van der Waals surface area contributed by atoms with E-state index >= 15 is 0 Å². The van der Waals surface area contributed by atoms with Gasteiger partial charge in [-0.3, -0.25) is 9.78 Å². The van der Waals surface area contributed by atoms with Gasteiger partial charge in [-0.2, -0.15) is 0 Å². The highest BCUT2D eigenvalue weighted by Gasteiger charge is 2.40. The largest absolute Gasteiger partial charge is 0.343 e. The van der Waals surface area contributed by atoms with E-state index in [0.717, 1.165) is 29.8 Å². The van der Waals surface area contributed by atoms with E-state index in [-0.39, 0.29) is 11.8 Å². The van der Waals surface area contributed by atoms with E-state index in [1.54, 1.807) is 23.7 Å². The van der Waals surface area contributed by atoms with Crippen LogP contribution in [-0.4, -0.2) is 15.3 Å². The zero-order chi connectivity index (χ0) is 16.0. The number of aromatic nitrogens is 2. The van der Waals surface area contributed by atoms with Crippen LogP contribution in [0.4, 0.5) is 0 Å². The van der Waals surface area contributed by atoms with Crippen LogP contribution in [0, 0.1) is 0 Å². The molecule has 3 aromatic heterocycles. The molecular weight excluding hydrogens is 440 g/mol. The summed E-state index contributed by atoms with van der Waals surface area (Å²) < 4.78 is 3.92. The molecular formula is C17H10Br2N2OS. The van der Waals surface area contributed by atoms with Gasteiger partial charge in [-0.25, -0.2) is 0 Å². The van der Waals surface area contributed by atoms with Crippen LogP contribution < -0.4 is 0 Å². The third kappa shape index (κ3) is 2.45. The van der Waals surface area contributed by atoms with Crippen LogP contribution in [0.3, 0.4) is 0 Å². The molecule has 114 valence electrons. The first-order valence-electron chi connectivity index (χ1n) is 6.93. The summed E-state index contributed by atoms with van der Waals surface area (Å²) in [7, 11) is 0. The van der Waals surface area contributed by atoms with E-state index in [1.807, 2.05) is 42.7 Å². The molecule has 3 heterocycles. The molecule has 0 aromatic carbocycles. The lowest BCUT2D eigenvalue weighted by atomic mass is 10.0. The second-order valence-electron chi connectivity index (χ2n) is 5.19. The van der Waals surface area contributed by atoms with E-state index in [4.69, 9.17) is 0 Å². The summed E-state index contributed by atoms with van der Waals surface area (Å²) in [5.41, 5.74) is 3.47. The summed E-state index contributed by atoms with van der Waals surface area (Å²) in [4.78, 5) is 17.1. The lowest BCUT2D eigenvalue weighted by Crippen LogP contribution is -2.09. The van der Waals surface area contributed by atoms with Crippen LogP contribution in [0.25, 0.3) is 6.08 Å². The number of fused-ring (bicyclic) bond motifs is 1. The number of Topliss-reactive ketones (excluding diaryl/α,β-unsaturated/α-hetero) is 1. The first-order chi connectivity index (χ1) is 11.2. The lowest BCUT2D eigenvalue weighted by Gasteiger charge is -2.15. The van der Waals surface area contributed by atoms with Gasteiger partial charge in [-0.15, -0.1) is 11.3 Å². The number of halogens is 2. The maximum atomic E-state index is 13.0. The zero-order valence-electron chi connectivity index (χ0n) is 11.7. The Balaban J connectivity index is 1.94. The van der Waals surface area contributed by atoms with Gasteiger partial charge in [0.05, 0.1) is 19.2 Å². The molecule has 23 heavy (non-hydrogen) atoms. The summed E-state index contributed by atoms with van der Waals surface area (Å²) in [6.07, 6.45) is 9.40. The summed E-state index contributed by atoms with van der Waals surface area (Å²) in [6, 6.07) is 7.65. The number of nitrogens with zero attached hydrogens (tertiary/aromatic N) is 2. The standard InChI is InChI=1S/C17H10Br2N2OS/c18-16-12-13(17(19)23-16)15(22)11(8-10-4-3-5-20-9-10)14(12)21-6-1-2-7-21/h1-9,14H/b11-8+. The topological polar surface area (TPSA) is 34.9 Å². The van der Waals surface area contributed by atoms with Gasteiger partial charge in [0, 0.05) is 35.9 Å². The van der Waals surface area contributed by atoms with Gasteiger partial charge in [0.25, 0.3) is 0 Å². The molecule has 1 aliphatic rings. The number of allylic oxidation sites excluding steroid dienone is 1. The van der Waals surface area contributed by atoms with E-state index in [0.29, 0.717) is 0 Å². The van der Waals surface area contributed by atoms with E-state index < -0.39 is 0 Å². The van der Waals surface area contributed by atoms with Crippen molar-refractivity contribution in [1.82, 2.24) is 9.55 Å². The van der Waals surface area contributed by atoms with Crippen molar-refractivity contribution in [2.45, 2.75) is 6.04 Å². The predicted octanol–water partition coefficient (Wildman–Crippen LogP) is 5.34. The Morgan fingerprint density at radius 2 is 1.96 bits per heavy atom. The molecule has 1 unspecified atom stereocenters. The summed E-state index contributed by atoms with van der Waals surface area (Å²) in [6.45, 7) is 0. The second kappa shape index (κ2) is 5.85. The molecule has 6 heteroatoms. The number of hydrogen-bond donors (Lipinski definition) is 0. The fourth-order valence-corrected chi connectivity index (χ4v) is 6.10. The average Bonchev–Trinajstić information content (AvgIpc) is 3.22. The van der Waals surface area contributed by atoms with Crippen molar-refractivity contribution in [3.05, 3.63) is 78.9 Å². The highest BCUT2D eigenvalue weighted by Crippen LogP contribution is 2.50. The highest BCUT2D eigenvalue weighted by molar-refractivity contribution is 9.12. The smallest absolute Gasteiger partial charge is 0.193 e. The van der Waals surface area contributed by atoms with Crippen molar-refractivity contribution >= 4 is 55.1 Å². The van der Waals surface area contributed by atoms with Crippen LogP contribution in [0.5, 0.6) is 0 Å². The van der Waals surface area contributed by atoms with Crippen molar-refractivity contribution in [3.8, 4) is 0 Å². The fraction of sp³-hybridized carbons (Fsp3) is 0.0588. The Morgan fingerprint density at radius 3 is 2.65 bits per heavy atom. The molecule has 0 bridgehead atoms. The van der Waals surface area contributed by atoms with Gasteiger partial charge < -0.3 is 4.57 Å². The molecule has 0 N–H and O–H groups in total. The first-order valence-corrected chi connectivity index (χ1v) is 9.33. The van der Waals surface area contributed by atoms with E-state index in [2.05, 4.69) is 41.4 Å². The van der Waals surface area contributed by atoms with E-state index in [1.165, 1.54) is 0 Å². The quantitative estimate of drug-likeness (QED) is 0.495. The SMILES string of the molecule is O=C1/C(=C/c2cccnc2)C(n2cccc2)c2c(Br)sc(Br)c21. The summed E-state index contributed by atoms with van der Waals surface area (Å²) in [5.74, 6) is 0.0661. The highest BCUT2D eigenvalue weighted by atomic mass is 79.9. The molecule has 0 radical (unpaired) electrons. The van der Waals surface area contributed by atoms with Crippen LogP contribution in [0.2, 0.25) is 0 Å². The Kier molecular flexibility index (Phi) is 3.83. The minimum Gasteiger partial charge on any atom is -0.343 e. The molecule has 1 aliphatic carbocycles. The van der Waals surface area contributed by atoms with Crippen molar-refractivity contribution in [3.63, 3.8) is 0 Å². The molecule has 0 saturated heterocycles. The third-order valence-corrected chi connectivity index (χ3v) is 6.42. The molecule has 0 saturated carbocycles. The van der Waals surface area contributed by atoms with Crippen LogP contribution in [-0.2, 0) is 0 Å². The second-order valence-corrected chi connectivity index (χ2v) is 8.84. The molecule has 0 fully saturated rings. The monoisotopic (exact) mass is 448 g/mol. The number of hydrogen-bond acceptors (Lipinski definition) is 3. The lowest BCUT2D eigenvalue weighted by molar-refractivity contribution is 0.103. The van der Waals surface area contributed by atoms with Gasteiger partial charge in [0.2, 0.25) is 0 Å². The molecule has 3 nitrogen and oxygen atoms in total. The van der Waals surface area contributed by atoms with Crippen LogP contribution >= 0.6 is 43.2 Å². The molecule has 0 spiro atoms. The predicted molar refractivity (Wildman–Crippen MR) is 98.8 cm³/mol. The molecule has 0 amide bonds. The van der Waals surface area contributed by atoms with Gasteiger partial charge in [0.15, 0.2) is 5.78 Å². The van der Waals surface area contributed by atoms with E-state index in [9.17, 15) is 4.79 Å². The number of carbonyl (C=O) groups excluding carboxylic acids is 1. The fourth-order valence-electron chi connectivity index (χ4n) is 2.88. The Morgan fingerprint density at radius 1 is 1.17 bits per heavy atom. The molecule has 0 aliphatic heterocycles. The minimum absolute atomic E-state index is 0.0661. The Bertz CT molecular complexity index is 914. The van der Waals surface area contributed by atoms with Crippen molar-refractivity contribution in [2.75, 3.05) is 0 Å². The summed E-state index contributed by atoms with van der Waals surface area (Å²) in [5, 5.41) is 0. The van der Waals surface area contributed by atoms with Crippen LogP contribution in [0.1, 0.15) is 27.5 Å². The Labute approximate surface area is 153 Å². The van der Waals surface area contributed by atoms with Crippen molar-refractivity contribution < 1.29 is 4.79 Å². The van der Waals surface area contributed by atoms with Gasteiger partial charge in [-0.1, -0.05) is 6.07 Å². The molecule has 1 atom stereocenters.